The summed E-state index contributed by atoms with van der Waals surface area (Å²) in [6, 6.07) is 15.8. The van der Waals surface area contributed by atoms with E-state index in [9.17, 15) is 4.79 Å². The zero-order valence-corrected chi connectivity index (χ0v) is 19.3. The number of nitrogens with one attached hydrogen (secondary N) is 1. The molecule has 1 fully saturated rings. The molecule has 5 rings (SSSR count). The summed E-state index contributed by atoms with van der Waals surface area (Å²) in [5, 5.41) is 3.90. The Labute approximate surface area is 197 Å². The maximum absolute atomic E-state index is 12.7. The van der Waals surface area contributed by atoms with Crippen molar-refractivity contribution in [2.75, 3.05) is 19.2 Å². The lowest BCUT2D eigenvalue weighted by molar-refractivity contribution is -0.119. The second-order valence-electron chi connectivity index (χ2n) is 8.23. The summed E-state index contributed by atoms with van der Waals surface area (Å²) < 4.78 is 18.9. The van der Waals surface area contributed by atoms with Crippen LogP contribution in [0.25, 0.3) is 11.3 Å². The normalized spacial score (nSPS) is 17.8. The fraction of sp³-hybridized carbons (Fsp3) is 0.360. The van der Waals surface area contributed by atoms with Crippen LogP contribution in [-0.4, -0.2) is 40.7 Å². The second-order valence-corrected chi connectivity index (χ2v) is 9.17. The number of nitrogens with zero attached hydrogens (tertiary/aromatic N) is 2. The van der Waals surface area contributed by atoms with Gasteiger partial charge in [0.2, 0.25) is 12.7 Å². The topological polar surface area (TPSA) is 74.6 Å². The van der Waals surface area contributed by atoms with Gasteiger partial charge in [-0.05, 0) is 43.0 Å². The average Bonchev–Trinajstić information content (AvgIpc) is 3.59. The number of ether oxygens (including phenoxy) is 3. The highest BCUT2D eigenvalue weighted by Gasteiger charge is 2.22. The van der Waals surface area contributed by atoms with Crippen molar-refractivity contribution in [3.63, 3.8) is 0 Å². The van der Waals surface area contributed by atoms with Gasteiger partial charge in [-0.1, -0.05) is 48.2 Å². The summed E-state index contributed by atoms with van der Waals surface area (Å²) >= 11 is 1.45. The molecule has 0 bridgehead atoms. The van der Waals surface area contributed by atoms with E-state index >= 15 is 0 Å². The van der Waals surface area contributed by atoms with Crippen molar-refractivity contribution < 1.29 is 19.0 Å². The highest BCUT2D eigenvalue weighted by atomic mass is 32.2. The highest BCUT2D eigenvalue weighted by molar-refractivity contribution is 7.99. The van der Waals surface area contributed by atoms with Crippen molar-refractivity contribution in [3.05, 3.63) is 60.3 Å². The number of fused-ring (bicyclic) bond motifs is 1. The Bertz CT molecular complexity index is 1110. The van der Waals surface area contributed by atoms with Crippen LogP contribution in [0.15, 0.2) is 59.9 Å². The quantitative estimate of drug-likeness (QED) is 0.496. The molecular formula is C25H27N3O4S. The number of rotatable bonds is 8. The Morgan fingerprint density at radius 3 is 2.88 bits per heavy atom. The fourth-order valence-electron chi connectivity index (χ4n) is 4.16. The van der Waals surface area contributed by atoms with Gasteiger partial charge >= 0.3 is 0 Å². The molecule has 2 unspecified atom stereocenters. The van der Waals surface area contributed by atoms with Gasteiger partial charge in [-0.25, -0.2) is 4.98 Å². The molecule has 3 aromatic rings. The van der Waals surface area contributed by atoms with Gasteiger partial charge in [0.15, 0.2) is 16.7 Å². The number of carbonyl (C=O) groups is 1. The van der Waals surface area contributed by atoms with E-state index < -0.39 is 0 Å². The molecule has 33 heavy (non-hydrogen) atoms. The second kappa shape index (κ2) is 9.89. The summed E-state index contributed by atoms with van der Waals surface area (Å²) in [5.74, 6) is 1.69. The van der Waals surface area contributed by atoms with Gasteiger partial charge < -0.3 is 24.1 Å². The number of hydrogen-bond donors (Lipinski definition) is 1. The number of benzene rings is 2. The third kappa shape index (κ3) is 5.02. The van der Waals surface area contributed by atoms with Crippen LogP contribution in [0.2, 0.25) is 0 Å². The van der Waals surface area contributed by atoms with Crippen LogP contribution >= 0.6 is 11.8 Å². The summed E-state index contributed by atoms with van der Waals surface area (Å²) in [7, 11) is 0. The number of aromatic nitrogens is 2. The van der Waals surface area contributed by atoms with Gasteiger partial charge in [-0.2, -0.15) is 0 Å². The van der Waals surface area contributed by atoms with E-state index in [0.717, 1.165) is 53.7 Å². The molecule has 1 amide bonds. The fourth-order valence-corrected chi connectivity index (χ4v) is 4.96. The lowest BCUT2D eigenvalue weighted by Crippen LogP contribution is -2.28. The van der Waals surface area contributed by atoms with Crippen LogP contribution < -0.4 is 14.8 Å². The summed E-state index contributed by atoms with van der Waals surface area (Å²) in [6.45, 7) is 3.75. The van der Waals surface area contributed by atoms with E-state index in [1.165, 1.54) is 11.8 Å². The first-order valence-corrected chi connectivity index (χ1v) is 12.2. The summed E-state index contributed by atoms with van der Waals surface area (Å²) in [4.78, 5) is 17.4. The van der Waals surface area contributed by atoms with E-state index in [2.05, 4.69) is 27.0 Å². The number of amides is 1. The molecular weight excluding hydrogens is 438 g/mol. The molecule has 172 valence electrons. The molecule has 1 aromatic heterocycles. The molecule has 0 spiro atoms. The third-order valence-electron chi connectivity index (χ3n) is 5.91. The smallest absolute Gasteiger partial charge is 0.231 e. The zero-order valence-electron chi connectivity index (χ0n) is 18.5. The molecule has 0 saturated carbocycles. The lowest BCUT2D eigenvalue weighted by atomic mass is 10.1. The SMILES string of the molecule is CC(NC(=O)CSc1ncc(-c2ccccc2)n1CC1CCCO1)c1ccc2c(c1)OCO2. The predicted molar refractivity (Wildman–Crippen MR) is 126 cm³/mol. The van der Waals surface area contributed by atoms with E-state index in [0.29, 0.717) is 5.75 Å². The molecule has 3 heterocycles. The van der Waals surface area contributed by atoms with Crippen LogP contribution in [0.5, 0.6) is 11.5 Å². The van der Waals surface area contributed by atoms with Crippen LogP contribution in [-0.2, 0) is 16.1 Å². The third-order valence-corrected chi connectivity index (χ3v) is 6.90. The molecule has 8 heteroatoms. The van der Waals surface area contributed by atoms with E-state index in [4.69, 9.17) is 14.2 Å². The molecule has 1 saturated heterocycles. The van der Waals surface area contributed by atoms with E-state index in [1.807, 2.05) is 49.5 Å². The minimum Gasteiger partial charge on any atom is -0.454 e. The maximum Gasteiger partial charge on any atom is 0.231 e. The van der Waals surface area contributed by atoms with Crippen molar-refractivity contribution in [1.29, 1.82) is 0 Å². The first-order valence-electron chi connectivity index (χ1n) is 11.2. The number of carbonyl (C=O) groups excluding carboxylic acids is 1. The van der Waals surface area contributed by atoms with Crippen LogP contribution in [0, 0.1) is 0 Å². The monoisotopic (exact) mass is 465 g/mol. The largest absolute Gasteiger partial charge is 0.454 e. The number of imidazole rings is 1. The van der Waals surface area contributed by atoms with E-state index in [1.54, 1.807) is 0 Å². The molecule has 0 aliphatic carbocycles. The van der Waals surface area contributed by atoms with Crippen molar-refractivity contribution in [2.24, 2.45) is 0 Å². The van der Waals surface area contributed by atoms with Crippen LogP contribution in [0.4, 0.5) is 0 Å². The molecule has 2 atom stereocenters. The molecule has 2 aliphatic heterocycles. The van der Waals surface area contributed by atoms with Gasteiger partial charge in [-0.15, -0.1) is 0 Å². The predicted octanol–water partition coefficient (Wildman–Crippen LogP) is 4.43. The standard InChI is InChI=1S/C25H27N3O4S/c1-17(19-9-10-22-23(12-19)32-16-31-22)27-24(29)15-33-25-26-13-21(18-6-3-2-4-7-18)28(25)14-20-8-5-11-30-20/h2-4,6-7,9-10,12-13,17,20H,5,8,11,14-16H2,1H3,(H,27,29). The van der Waals surface area contributed by atoms with Crippen LogP contribution in [0.1, 0.15) is 31.4 Å². The minimum atomic E-state index is -0.140. The van der Waals surface area contributed by atoms with Gasteiger partial charge in [0.1, 0.15) is 0 Å². The first-order chi connectivity index (χ1) is 16.2. The van der Waals surface area contributed by atoms with Crippen LogP contribution in [0.3, 0.4) is 0 Å². The minimum absolute atomic E-state index is 0.0434. The van der Waals surface area contributed by atoms with Crippen molar-refractivity contribution in [3.8, 4) is 22.8 Å². The number of thioether (sulfide) groups is 1. The molecule has 2 aliphatic rings. The van der Waals surface area contributed by atoms with E-state index in [-0.39, 0.29) is 30.6 Å². The summed E-state index contributed by atoms with van der Waals surface area (Å²) in [5.41, 5.74) is 3.13. The summed E-state index contributed by atoms with van der Waals surface area (Å²) in [6.07, 6.45) is 4.20. The molecule has 7 nitrogen and oxygen atoms in total. The van der Waals surface area contributed by atoms with Gasteiger partial charge in [0.25, 0.3) is 0 Å². The first kappa shape index (κ1) is 21.9. The van der Waals surface area contributed by atoms with Crippen molar-refractivity contribution >= 4 is 17.7 Å². The Hall–Kier alpha value is -2.97. The molecule has 0 radical (unpaired) electrons. The van der Waals surface area contributed by atoms with Gasteiger partial charge in [0, 0.05) is 6.61 Å². The van der Waals surface area contributed by atoms with Crippen molar-refractivity contribution in [1.82, 2.24) is 14.9 Å². The highest BCUT2D eigenvalue weighted by Crippen LogP contribution is 2.34. The average molecular weight is 466 g/mol. The Morgan fingerprint density at radius 1 is 1.21 bits per heavy atom. The lowest BCUT2D eigenvalue weighted by Gasteiger charge is -2.17. The Balaban J connectivity index is 1.25. The Kier molecular flexibility index (Phi) is 6.55. The zero-order chi connectivity index (χ0) is 22.6. The van der Waals surface area contributed by atoms with Gasteiger partial charge in [0.05, 0.1) is 36.3 Å². The molecule has 2 aromatic carbocycles. The number of hydrogen-bond acceptors (Lipinski definition) is 6. The van der Waals surface area contributed by atoms with Gasteiger partial charge in [-0.3, -0.25) is 4.79 Å². The van der Waals surface area contributed by atoms with Crippen molar-refractivity contribution in [2.45, 2.75) is 43.6 Å². The Morgan fingerprint density at radius 2 is 2.06 bits per heavy atom. The molecule has 1 N–H and O–H groups in total. The maximum atomic E-state index is 12.7.